The van der Waals surface area contributed by atoms with Crippen LogP contribution in [0.15, 0.2) is 133 Å². The second-order valence-electron chi connectivity index (χ2n) is 21.6. The smallest absolute Gasteiger partial charge is 0.0369 e. The van der Waals surface area contributed by atoms with Crippen molar-refractivity contribution in [2.45, 2.75) is 83.1 Å². The van der Waals surface area contributed by atoms with Crippen molar-refractivity contribution in [1.29, 1.82) is 0 Å². The number of benzene rings is 9. The zero-order valence-corrected chi connectivity index (χ0v) is 45.2. The van der Waals surface area contributed by atoms with Crippen molar-refractivity contribution in [3.8, 4) is 44.5 Å². The Bertz CT molecular complexity index is 4470. The van der Waals surface area contributed by atoms with Crippen molar-refractivity contribution in [2.75, 3.05) is 0 Å². The lowest BCUT2D eigenvalue weighted by molar-refractivity contribution is 1.32. The highest BCUT2D eigenvalue weighted by atomic mass is 32.1. The third-order valence-corrected chi connectivity index (χ3v) is 18.3. The fourth-order valence-corrected chi connectivity index (χ4v) is 16.1. The van der Waals surface area contributed by atoms with Gasteiger partial charge in [0.15, 0.2) is 0 Å². The summed E-state index contributed by atoms with van der Waals surface area (Å²) in [6, 6.07) is 52.8. The molecule has 0 unspecified atom stereocenters. The van der Waals surface area contributed by atoms with Crippen LogP contribution in [-0.2, 0) is 0 Å². The predicted octanol–water partition coefficient (Wildman–Crippen LogP) is 21.4. The number of rotatable bonds is 4. The maximum atomic E-state index is 2.60. The zero-order valence-electron chi connectivity index (χ0n) is 43.5. The quantitative estimate of drug-likeness (QED) is 0.154. The van der Waals surface area contributed by atoms with Crippen molar-refractivity contribution in [3.05, 3.63) is 200 Å². The molecule has 350 valence electrons. The van der Waals surface area contributed by atoms with Crippen LogP contribution in [0.3, 0.4) is 0 Å². The zero-order chi connectivity index (χ0) is 49.8. The van der Waals surface area contributed by atoms with E-state index < -0.39 is 0 Å². The average molecular weight is 963 g/mol. The van der Waals surface area contributed by atoms with Crippen LogP contribution < -0.4 is 0 Å². The van der Waals surface area contributed by atoms with Gasteiger partial charge in [-0.3, -0.25) is 0 Å². The van der Waals surface area contributed by atoms with Gasteiger partial charge in [-0.05, 0) is 258 Å². The van der Waals surface area contributed by atoms with Crippen LogP contribution in [0.2, 0.25) is 0 Å². The van der Waals surface area contributed by atoms with Crippen LogP contribution in [0.4, 0.5) is 0 Å². The molecule has 13 aromatic rings. The molecule has 0 saturated carbocycles. The molecule has 0 spiro atoms. The maximum Gasteiger partial charge on any atom is 0.0369 e. The molecule has 0 radical (unpaired) electrons. The second kappa shape index (κ2) is 16.2. The maximum absolute atomic E-state index is 2.60. The van der Waals surface area contributed by atoms with Crippen molar-refractivity contribution < 1.29 is 0 Å². The summed E-state index contributed by atoms with van der Waals surface area (Å²) < 4.78 is 5.27. The van der Waals surface area contributed by atoms with Crippen LogP contribution in [0.5, 0.6) is 0 Å². The van der Waals surface area contributed by atoms with E-state index >= 15 is 0 Å². The third-order valence-electron chi connectivity index (χ3n) is 16.0. The summed E-state index contributed by atoms with van der Waals surface area (Å²) in [6.45, 7) is 27.3. The first-order chi connectivity index (χ1) is 34.6. The van der Waals surface area contributed by atoms with Crippen LogP contribution in [0.1, 0.15) is 66.8 Å². The fourth-order valence-electron chi connectivity index (χ4n) is 13.7. The van der Waals surface area contributed by atoms with Gasteiger partial charge in [-0.15, -0.1) is 22.7 Å². The Kier molecular flexibility index (Phi) is 10.1. The summed E-state index contributed by atoms with van der Waals surface area (Å²) in [5.74, 6) is 0. The highest BCUT2D eigenvalue weighted by molar-refractivity contribution is 7.27. The minimum atomic E-state index is 1.30. The van der Waals surface area contributed by atoms with Crippen LogP contribution >= 0.6 is 22.7 Å². The number of hydrogen-bond donors (Lipinski definition) is 0. The second-order valence-corrected chi connectivity index (χ2v) is 23.7. The first-order valence-corrected chi connectivity index (χ1v) is 27.2. The van der Waals surface area contributed by atoms with Gasteiger partial charge in [0.05, 0.1) is 0 Å². The van der Waals surface area contributed by atoms with Crippen molar-refractivity contribution >= 4 is 106 Å². The van der Waals surface area contributed by atoms with Gasteiger partial charge >= 0.3 is 0 Å². The van der Waals surface area contributed by atoms with E-state index in [1.807, 2.05) is 22.7 Å². The van der Waals surface area contributed by atoms with Crippen molar-refractivity contribution in [2.24, 2.45) is 0 Å². The molecule has 2 heterocycles. The molecular weight excluding hydrogens is 905 g/mol. The summed E-state index contributed by atoms with van der Waals surface area (Å²) in [7, 11) is 0. The third kappa shape index (κ3) is 6.68. The molecule has 0 N–H and O–H groups in total. The Labute approximate surface area is 431 Å². The Morgan fingerprint density at radius 2 is 0.583 bits per heavy atom. The molecule has 2 heteroatoms. The van der Waals surface area contributed by atoms with Gasteiger partial charge < -0.3 is 0 Å². The lowest BCUT2D eigenvalue weighted by Crippen LogP contribution is -1.95. The molecule has 0 aliphatic heterocycles. The van der Waals surface area contributed by atoms with Crippen LogP contribution in [0.25, 0.3) is 128 Å². The number of aryl methyl sites for hydroxylation is 12. The van der Waals surface area contributed by atoms with Crippen molar-refractivity contribution in [1.82, 2.24) is 0 Å². The molecule has 0 nitrogen and oxygen atoms in total. The first-order valence-electron chi connectivity index (χ1n) is 25.5. The molecule has 72 heavy (non-hydrogen) atoms. The molecule has 2 aromatic heterocycles. The van der Waals surface area contributed by atoms with E-state index in [2.05, 4.69) is 217 Å². The van der Waals surface area contributed by atoms with Crippen LogP contribution in [0, 0.1) is 83.1 Å². The van der Waals surface area contributed by atoms with Gasteiger partial charge in [0.25, 0.3) is 0 Å². The highest BCUT2D eigenvalue weighted by Gasteiger charge is 2.25. The molecule has 0 amide bonds. The Balaban J connectivity index is 1.19. The van der Waals surface area contributed by atoms with Gasteiger partial charge in [0.1, 0.15) is 0 Å². The minimum absolute atomic E-state index is 1.30. The van der Waals surface area contributed by atoms with E-state index in [1.165, 1.54) is 195 Å². The molecule has 0 atom stereocenters. The predicted molar refractivity (Wildman–Crippen MR) is 321 cm³/mol. The highest BCUT2D eigenvalue weighted by Crippen LogP contribution is 2.52. The van der Waals surface area contributed by atoms with E-state index in [0.29, 0.717) is 0 Å². The van der Waals surface area contributed by atoms with Gasteiger partial charge in [0, 0.05) is 40.3 Å². The first kappa shape index (κ1) is 44.8. The summed E-state index contributed by atoms with van der Waals surface area (Å²) >= 11 is 3.91. The van der Waals surface area contributed by atoms with E-state index in [-0.39, 0.29) is 0 Å². The van der Waals surface area contributed by atoms with E-state index in [4.69, 9.17) is 0 Å². The molecular formula is C70H58S2. The summed E-state index contributed by atoms with van der Waals surface area (Å²) in [4.78, 5) is 0. The fraction of sp³-hybridized carbons (Fsp3) is 0.171. The standard InChI is InChI=1S/C70H58S2/c1-35-20-39(5)64(40(6)21-35)51-19-15-18-49-52-30-56-60(29-47(52)28-53(49)51)71-62-34-63-59(32-58(62)69(56)66-43(9)24-37(3)25-44(66)10)70(67-45(11)26-38(4)27-46(67)12)57-31-54-48-16-13-14-17-50(48)68(55(54)33-61(57)72-63)65-41(7)22-36(2)23-42(65)8/h13-34H,1-12H3. The monoisotopic (exact) mass is 962 g/mol. The lowest BCUT2D eigenvalue weighted by atomic mass is 9.87. The van der Waals surface area contributed by atoms with Gasteiger partial charge in [-0.2, -0.15) is 0 Å². The van der Waals surface area contributed by atoms with Gasteiger partial charge in [-0.1, -0.05) is 113 Å². The van der Waals surface area contributed by atoms with Gasteiger partial charge in [0.2, 0.25) is 0 Å². The molecule has 0 aliphatic carbocycles. The minimum Gasteiger partial charge on any atom is -0.135 e. The summed E-state index contributed by atoms with van der Waals surface area (Å²) in [5.41, 5.74) is 26.6. The molecule has 0 aliphatic rings. The van der Waals surface area contributed by atoms with E-state index in [1.54, 1.807) is 0 Å². The average Bonchev–Trinajstić information content (AvgIpc) is 3.83. The van der Waals surface area contributed by atoms with E-state index in [9.17, 15) is 0 Å². The van der Waals surface area contributed by atoms with Crippen LogP contribution in [-0.4, -0.2) is 0 Å². The Morgan fingerprint density at radius 3 is 1.07 bits per heavy atom. The summed E-state index contributed by atoms with van der Waals surface area (Å²) in [5, 5.41) is 15.8. The number of fused-ring (bicyclic) bond motifs is 10. The lowest BCUT2D eigenvalue weighted by Gasteiger charge is -2.20. The van der Waals surface area contributed by atoms with E-state index in [0.717, 1.165) is 0 Å². The topological polar surface area (TPSA) is 0 Å². The largest absolute Gasteiger partial charge is 0.135 e. The molecule has 13 rings (SSSR count). The van der Waals surface area contributed by atoms with Crippen molar-refractivity contribution in [3.63, 3.8) is 0 Å². The summed E-state index contributed by atoms with van der Waals surface area (Å²) in [6.07, 6.45) is 0. The normalized spacial score (nSPS) is 12.2. The molecule has 11 aromatic carbocycles. The Morgan fingerprint density at radius 1 is 0.222 bits per heavy atom. The Hall–Kier alpha value is -7.10. The molecule has 0 saturated heterocycles. The molecule has 0 bridgehead atoms. The number of hydrogen-bond acceptors (Lipinski definition) is 2. The van der Waals surface area contributed by atoms with Gasteiger partial charge in [-0.25, -0.2) is 0 Å². The SMILES string of the molecule is Cc1cc(C)c(-c2c3cc4c(-c5c(C)cc(C)cc5C)c5cc6c(cc5sc4cc3sc3cc4cc5c(-c7c(C)cc(C)cc7C)cccc5c4cc23)c(-c2c(C)cc(C)cc2C)c2ccccc26)c(C)c1. The molecule has 0 fully saturated rings.